The van der Waals surface area contributed by atoms with Gasteiger partial charge in [-0.05, 0) is 49.8 Å². The Hall–Kier alpha value is -2.05. The lowest BCUT2D eigenvalue weighted by molar-refractivity contribution is -0.121. The van der Waals surface area contributed by atoms with Crippen molar-refractivity contribution in [2.75, 3.05) is 13.7 Å². The molecule has 0 aliphatic heterocycles. The number of nitrogens with one attached hydrogen (secondary N) is 1. The fourth-order valence-corrected chi connectivity index (χ4v) is 3.04. The van der Waals surface area contributed by atoms with Crippen molar-refractivity contribution in [3.05, 3.63) is 39.7 Å². The number of halogens is 1. The number of carbonyl (C=O) groups is 1. The van der Waals surface area contributed by atoms with Crippen LogP contribution in [0, 0.1) is 12.8 Å². The van der Waals surface area contributed by atoms with Crippen molar-refractivity contribution < 1.29 is 13.9 Å². The molecule has 0 spiro atoms. The molecular formula is C19H25ClN2O4. The maximum atomic E-state index is 12.3. The summed E-state index contributed by atoms with van der Waals surface area (Å²) in [6.45, 7) is 2.37. The molecule has 1 saturated carbocycles. The molecule has 1 atom stereocenters. The van der Waals surface area contributed by atoms with E-state index in [-0.39, 0.29) is 30.8 Å². The Kier molecular flexibility index (Phi) is 6.67. The standard InChI is InChI=1S/C19H24N2O4.ClH/c1-11-14-6-5-13(24-2)9-17(14)25-19(23)15(11)7-8-18(22)21-10-16(20)12-3-4-12;/h5-6,9,12,16H,3-4,7-8,10,20H2,1-2H3,(H,21,22);1H. The van der Waals surface area contributed by atoms with E-state index in [1.54, 1.807) is 13.2 Å². The van der Waals surface area contributed by atoms with E-state index < -0.39 is 5.63 Å². The van der Waals surface area contributed by atoms with Crippen LogP contribution in [0.2, 0.25) is 0 Å². The van der Waals surface area contributed by atoms with Gasteiger partial charge in [0, 0.05) is 36.0 Å². The number of carbonyl (C=O) groups excluding carboxylic acids is 1. The first-order chi connectivity index (χ1) is 12.0. The monoisotopic (exact) mass is 380 g/mol. The Bertz CT molecular complexity index is 845. The van der Waals surface area contributed by atoms with E-state index in [1.165, 1.54) is 0 Å². The maximum Gasteiger partial charge on any atom is 0.339 e. The second-order valence-corrected chi connectivity index (χ2v) is 6.66. The summed E-state index contributed by atoms with van der Waals surface area (Å²) in [7, 11) is 1.56. The summed E-state index contributed by atoms with van der Waals surface area (Å²) in [5.74, 6) is 1.09. The van der Waals surface area contributed by atoms with E-state index >= 15 is 0 Å². The summed E-state index contributed by atoms with van der Waals surface area (Å²) in [6, 6.07) is 5.42. The molecule has 142 valence electrons. The minimum atomic E-state index is -0.402. The molecule has 1 aromatic carbocycles. The Morgan fingerprint density at radius 3 is 2.81 bits per heavy atom. The van der Waals surface area contributed by atoms with E-state index in [9.17, 15) is 9.59 Å². The van der Waals surface area contributed by atoms with Gasteiger partial charge in [-0.25, -0.2) is 4.79 Å². The lowest BCUT2D eigenvalue weighted by Crippen LogP contribution is -2.38. The van der Waals surface area contributed by atoms with Crippen LogP contribution in [-0.2, 0) is 11.2 Å². The third kappa shape index (κ3) is 4.56. The van der Waals surface area contributed by atoms with Crippen molar-refractivity contribution in [2.45, 2.75) is 38.6 Å². The molecule has 1 unspecified atom stereocenters. The van der Waals surface area contributed by atoms with E-state index in [4.69, 9.17) is 14.9 Å². The molecule has 0 bridgehead atoms. The molecule has 6 nitrogen and oxygen atoms in total. The van der Waals surface area contributed by atoms with Crippen LogP contribution >= 0.6 is 12.4 Å². The Morgan fingerprint density at radius 2 is 2.15 bits per heavy atom. The molecule has 1 aliphatic rings. The van der Waals surface area contributed by atoms with Crippen LogP contribution in [0.4, 0.5) is 0 Å². The number of methoxy groups -OCH3 is 1. The summed E-state index contributed by atoms with van der Waals surface area (Å²) in [5.41, 5.74) is 7.45. The smallest absolute Gasteiger partial charge is 0.339 e. The highest BCUT2D eigenvalue weighted by Gasteiger charge is 2.28. The van der Waals surface area contributed by atoms with Crippen LogP contribution < -0.4 is 21.4 Å². The average molecular weight is 381 g/mol. The zero-order valence-corrected chi connectivity index (χ0v) is 15.9. The van der Waals surface area contributed by atoms with Crippen molar-refractivity contribution in [2.24, 2.45) is 11.7 Å². The summed E-state index contributed by atoms with van der Waals surface area (Å²) in [6.07, 6.45) is 2.89. The second kappa shape index (κ2) is 8.56. The van der Waals surface area contributed by atoms with Crippen molar-refractivity contribution in [3.8, 4) is 5.75 Å². The number of fused-ring (bicyclic) bond motifs is 1. The van der Waals surface area contributed by atoms with Crippen molar-refractivity contribution in [1.29, 1.82) is 0 Å². The number of rotatable bonds is 7. The molecule has 2 aromatic rings. The van der Waals surface area contributed by atoms with Crippen molar-refractivity contribution >= 4 is 29.3 Å². The lowest BCUT2D eigenvalue weighted by atomic mass is 10.0. The summed E-state index contributed by atoms with van der Waals surface area (Å²) >= 11 is 0. The second-order valence-electron chi connectivity index (χ2n) is 6.66. The molecule has 1 heterocycles. The van der Waals surface area contributed by atoms with Gasteiger partial charge in [-0.2, -0.15) is 0 Å². The highest BCUT2D eigenvalue weighted by atomic mass is 35.5. The van der Waals surface area contributed by atoms with Crippen molar-refractivity contribution in [1.82, 2.24) is 5.32 Å². The first-order valence-electron chi connectivity index (χ1n) is 8.62. The number of benzene rings is 1. The minimum absolute atomic E-state index is 0. The zero-order chi connectivity index (χ0) is 18.0. The van der Waals surface area contributed by atoms with Gasteiger partial charge in [0.15, 0.2) is 0 Å². The van der Waals surface area contributed by atoms with Crippen LogP contribution in [-0.4, -0.2) is 25.6 Å². The molecule has 0 saturated heterocycles. The van der Waals surface area contributed by atoms with Gasteiger partial charge < -0.3 is 20.2 Å². The molecule has 3 N–H and O–H groups in total. The fourth-order valence-electron chi connectivity index (χ4n) is 3.04. The van der Waals surface area contributed by atoms with Gasteiger partial charge in [-0.15, -0.1) is 12.4 Å². The Labute approximate surface area is 158 Å². The number of ether oxygens (including phenoxy) is 1. The first-order valence-corrected chi connectivity index (χ1v) is 8.62. The van der Waals surface area contributed by atoms with Gasteiger partial charge in [-0.3, -0.25) is 4.79 Å². The van der Waals surface area contributed by atoms with E-state index in [0.717, 1.165) is 23.8 Å². The molecule has 1 amide bonds. The third-order valence-electron chi connectivity index (χ3n) is 4.86. The van der Waals surface area contributed by atoms with Gasteiger partial charge in [0.05, 0.1) is 7.11 Å². The predicted molar refractivity (Wildman–Crippen MR) is 103 cm³/mol. The number of hydrogen-bond acceptors (Lipinski definition) is 5. The zero-order valence-electron chi connectivity index (χ0n) is 15.0. The number of aryl methyl sites for hydroxylation is 1. The largest absolute Gasteiger partial charge is 0.497 e. The average Bonchev–Trinajstić information content (AvgIpc) is 3.44. The first kappa shape index (κ1) is 20.3. The van der Waals surface area contributed by atoms with E-state index in [1.807, 2.05) is 19.1 Å². The topological polar surface area (TPSA) is 94.6 Å². The minimum Gasteiger partial charge on any atom is -0.497 e. The summed E-state index contributed by atoms with van der Waals surface area (Å²) in [4.78, 5) is 24.3. The fraction of sp³-hybridized carbons (Fsp3) is 0.474. The number of nitrogens with two attached hydrogens (primary N) is 1. The summed E-state index contributed by atoms with van der Waals surface area (Å²) < 4.78 is 10.6. The Morgan fingerprint density at radius 1 is 1.42 bits per heavy atom. The van der Waals surface area contributed by atoms with Gasteiger partial charge >= 0.3 is 5.63 Å². The number of amides is 1. The van der Waals surface area contributed by atoms with Gasteiger partial charge in [0.25, 0.3) is 0 Å². The van der Waals surface area contributed by atoms with Crippen LogP contribution in [0.25, 0.3) is 11.0 Å². The third-order valence-corrected chi connectivity index (χ3v) is 4.86. The Balaban J connectivity index is 0.00000243. The molecule has 3 rings (SSSR count). The van der Waals surface area contributed by atoms with Gasteiger partial charge in [0.1, 0.15) is 11.3 Å². The predicted octanol–water partition coefficient (Wildman–Crippen LogP) is 2.32. The van der Waals surface area contributed by atoms with E-state index in [2.05, 4.69) is 5.32 Å². The highest BCUT2D eigenvalue weighted by molar-refractivity contribution is 5.85. The number of hydrogen-bond donors (Lipinski definition) is 2. The van der Waals surface area contributed by atoms with Gasteiger partial charge in [0.2, 0.25) is 5.91 Å². The lowest BCUT2D eigenvalue weighted by Gasteiger charge is -2.12. The van der Waals surface area contributed by atoms with Crippen LogP contribution in [0.15, 0.2) is 27.4 Å². The van der Waals surface area contributed by atoms with Crippen LogP contribution in [0.1, 0.15) is 30.4 Å². The molecule has 1 fully saturated rings. The normalized spacial score (nSPS) is 14.6. The molecular weight excluding hydrogens is 356 g/mol. The van der Waals surface area contributed by atoms with Crippen LogP contribution in [0.3, 0.4) is 0 Å². The van der Waals surface area contributed by atoms with E-state index in [0.29, 0.717) is 35.8 Å². The summed E-state index contributed by atoms with van der Waals surface area (Å²) in [5, 5.41) is 3.71. The SMILES string of the molecule is COc1ccc2c(C)c(CCC(=O)NCC(N)C3CC3)c(=O)oc2c1.Cl. The quantitative estimate of drug-likeness (QED) is 0.719. The molecule has 1 aromatic heterocycles. The van der Waals surface area contributed by atoms with Crippen molar-refractivity contribution in [3.63, 3.8) is 0 Å². The maximum absolute atomic E-state index is 12.3. The highest BCUT2D eigenvalue weighted by Crippen LogP contribution is 2.31. The molecule has 7 heteroatoms. The molecule has 0 radical (unpaired) electrons. The van der Waals surface area contributed by atoms with Crippen LogP contribution in [0.5, 0.6) is 5.75 Å². The molecule has 1 aliphatic carbocycles. The molecule has 26 heavy (non-hydrogen) atoms. The van der Waals surface area contributed by atoms with Gasteiger partial charge in [-0.1, -0.05) is 0 Å².